The van der Waals surface area contributed by atoms with Gasteiger partial charge in [0.05, 0.1) is 18.3 Å². The third kappa shape index (κ3) is 4.21. The quantitative estimate of drug-likeness (QED) is 0.685. The van der Waals surface area contributed by atoms with Crippen LogP contribution < -0.4 is 10.1 Å². The number of ether oxygens (including phenoxy) is 1. The van der Waals surface area contributed by atoms with Crippen molar-refractivity contribution < 1.29 is 14.6 Å². The fraction of sp³-hybridized carbons (Fsp3) is 0.227. The number of nitrogens with one attached hydrogen (secondary N) is 1. The lowest BCUT2D eigenvalue weighted by Crippen LogP contribution is -2.33. The molecule has 3 aromatic rings. The summed E-state index contributed by atoms with van der Waals surface area (Å²) in [4.78, 5) is 12.8. The van der Waals surface area contributed by atoms with Gasteiger partial charge in [0.25, 0.3) is 5.91 Å². The van der Waals surface area contributed by atoms with Gasteiger partial charge in [-0.25, -0.2) is 0 Å². The van der Waals surface area contributed by atoms with E-state index in [9.17, 15) is 9.90 Å². The number of fused-ring (bicyclic) bond motifs is 1. The Labute approximate surface area is 153 Å². The first-order valence-electron chi connectivity index (χ1n) is 8.83. The van der Waals surface area contributed by atoms with Crippen molar-refractivity contribution in [1.82, 2.24) is 5.32 Å². The van der Waals surface area contributed by atoms with E-state index in [-0.39, 0.29) is 12.5 Å². The first-order chi connectivity index (χ1) is 12.7. The molecule has 0 radical (unpaired) electrons. The molecular weight excluding hydrogens is 326 g/mol. The van der Waals surface area contributed by atoms with E-state index in [4.69, 9.17) is 4.74 Å². The number of aliphatic hydroxyl groups excluding tert-OH is 1. The Kier molecular flexibility index (Phi) is 5.87. The lowest BCUT2D eigenvalue weighted by atomic mass is 10.0. The minimum absolute atomic E-state index is 0.183. The fourth-order valence-electron chi connectivity index (χ4n) is 3.02. The molecule has 2 N–H and O–H groups in total. The molecule has 4 heteroatoms. The van der Waals surface area contributed by atoms with Crippen LogP contribution in [0.2, 0.25) is 0 Å². The summed E-state index contributed by atoms with van der Waals surface area (Å²) in [7, 11) is 0. The molecule has 0 aliphatic heterocycles. The van der Waals surface area contributed by atoms with Gasteiger partial charge in [-0.2, -0.15) is 0 Å². The highest BCUT2D eigenvalue weighted by Crippen LogP contribution is 2.28. The molecule has 1 atom stereocenters. The van der Waals surface area contributed by atoms with Gasteiger partial charge in [0, 0.05) is 13.0 Å². The summed E-state index contributed by atoms with van der Waals surface area (Å²) < 4.78 is 5.65. The maximum atomic E-state index is 12.8. The molecule has 134 valence electrons. The fourth-order valence-corrected chi connectivity index (χ4v) is 3.02. The van der Waals surface area contributed by atoms with E-state index in [1.165, 1.54) is 0 Å². The minimum Gasteiger partial charge on any atom is -0.493 e. The molecule has 26 heavy (non-hydrogen) atoms. The molecule has 0 aliphatic rings. The number of carbonyl (C=O) groups is 1. The summed E-state index contributed by atoms with van der Waals surface area (Å²) in [6.07, 6.45) is -0.151. The van der Waals surface area contributed by atoms with Gasteiger partial charge >= 0.3 is 0 Å². The first kappa shape index (κ1) is 18.0. The molecule has 3 rings (SSSR count). The van der Waals surface area contributed by atoms with Crippen LogP contribution in [0.25, 0.3) is 10.8 Å². The molecule has 0 saturated heterocycles. The van der Waals surface area contributed by atoms with Crippen molar-refractivity contribution in [3.05, 3.63) is 77.9 Å². The van der Waals surface area contributed by atoms with Gasteiger partial charge in [-0.05, 0) is 29.3 Å². The molecule has 0 aromatic heterocycles. The summed E-state index contributed by atoms with van der Waals surface area (Å²) in [5.74, 6) is 0.318. The zero-order valence-corrected chi connectivity index (χ0v) is 14.8. The molecule has 0 aliphatic carbocycles. The molecule has 0 heterocycles. The third-order valence-corrected chi connectivity index (χ3v) is 4.23. The molecule has 0 unspecified atom stereocenters. The predicted octanol–water partition coefficient (Wildman–Crippen LogP) is 3.57. The van der Waals surface area contributed by atoms with Gasteiger partial charge in [0.1, 0.15) is 5.75 Å². The van der Waals surface area contributed by atoms with Crippen LogP contribution in [0.1, 0.15) is 22.8 Å². The lowest BCUT2D eigenvalue weighted by Gasteiger charge is -2.15. The third-order valence-electron chi connectivity index (χ3n) is 4.23. The number of aliphatic hydroxyl groups is 1. The van der Waals surface area contributed by atoms with E-state index in [1.807, 2.05) is 73.7 Å². The molecule has 0 bridgehead atoms. The first-order valence-corrected chi connectivity index (χ1v) is 8.83. The van der Waals surface area contributed by atoms with Crippen LogP contribution in [-0.2, 0) is 6.42 Å². The zero-order valence-electron chi connectivity index (χ0n) is 14.8. The van der Waals surface area contributed by atoms with Gasteiger partial charge < -0.3 is 15.2 Å². The van der Waals surface area contributed by atoms with Gasteiger partial charge in [0.2, 0.25) is 0 Å². The summed E-state index contributed by atoms with van der Waals surface area (Å²) in [5, 5.41) is 14.9. The molecule has 0 saturated carbocycles. The molecule has 3 aromatic carbocycles. The van der Waals surface area contributed by atoms with E-state index in [1.54, 1.807) is 0 Å². The zero-order chi connectivity index (χ0) is 18.4. The summed E-state index contributed by atoms with van der Waals surface area (Å²) >= 11 is 0. The average Bonchev–Trinajstić information content (AvgIpc) is 2.67. The Hall–Kier alpha value is -2.85. The summed E-state index contributed by atoms with van der Waals surface area (Å²) in [6.45, 7) is 2.55. The molecule has 4 nitrogen and oxygen atoms in total. The Morgan fingerprint density at radius 2 is 1.77 bits per heavy atom. The second kappa shape index (κ2) is 8.50. The number of hydrogen-bond donors (Lipinski definition) is 2. The maximum absolute atomic E-state index is 12.8. The maximum Gasteiger partial charge on any atom is 0.255 e. The van der Waals surface area contributed by atoms with Gasteiger partial charge in [0.15, 0.2) is 0 Å². The van der Waals surface area contributed by atoms with Crippen LogP contribution in [0.15, 0.2) is 66.7 Å². The molecular formula is C22H23NO3. The van der Waals surface area contributed by atoms with Gasteiger partial charge in [-0.1, -0.05) is 60.7 Å². The Balaban J connectivity index is 1.75. The highest BCUT2D eigenvalue weighted by Gasteiger charge is 2.17. The Morgan fingerprint density at radius 1 is 1.04 bits per heavy atom. The molecule has 1 amide bonds. The van der Waals surface area contributed by atoms with Crippen LogP contribution in [0.3, 0.4) is 0 Å². The Bertz CT molecular complexity index is 877. The van der Waals surface area contributed by atoms with Crippen molar-refractivity contribution in [3.8, 4) is 5.75 Å². The number of amides is 1. The number of benzene rings is 3. The van der Waals surface area contributed by atoms with Crippen LogP contribution in [0.4, 0.5) is 0 Å². The van der Waals surface area contributed by atoms with E-state index < -0.39 is 6.10 Å². The number of rotatable bonds is 7. The molecule has 0 spiro atoms. The van der Waals surface area contributed by atoms with Crippen molar-refractivity contribution in [2.24, 2.45) is 0 Å². The smallest absolute Gasteiger partial charge is 0.255 e. The van der Waals surface area contributed by atoms with Crippen LogP contribution in [-0.4, -0.2) is 30.3 Å². The van der Waals surface area contributed by atoms with E-state index in [2.05, 4.69) is 5.32 Å². The normalized spacial score (nSPS) is 11.9. The lowest BCUT2D eigenvalue weighted by molar-refractivity contribution is 0.0914. The van der Waals surface area contributed by atoms with Gasteiger partial charge in [-0.15, -0.1) is 0 Å². The number of hydrogen-bond acceptors (Lipinski definition) is 3. The minimum atomic E-state index is -0.646. The largest absolute Gasteiger partial charge is 0.493 e. The number of carbonyl (C=O) groups excluding carboxylic acids is 1. The highest BCUT2D eigenvalue weighted by molar-refractivity contribution is 6.09. The van der Waals surface area contributed by atoms with E-state index in [0.29, 0.717) is 24.3 Å². The monoisotopic (exact) mass is 349 g/mol. The van der Waals surface area contributed by atoms with E-state index in [0.717, 1.165) is 16.3 Å². The SMILES string of the molecule is CCOc1ccc2ccccc2c1C(=O)NC[C@H](O)Cc1ccccc1. The standard InChI is InChI=1S/C22H23NO3/c1-2-26-20-13-12-17-10-6-7-11-19(17)21(20)22(25)23-15-18(24)14-16-8-4-3-5-9-16/h3-13,18,24H,2,14-15H2,1H3,(H,23,25)/t18-/m1/s1. The van der Waals surface area contributed by atoms with Crippen molar-refractivity contribution in [2.45, 2.75) is 19.4 Å². The summed E-state index contributed by atoms with van der Waals surface area (Å²) in [6, 6.07) is 21.2. The van der Waals surface area contributed by atoms with E-state index >= 15 is 0 Å². The highest BCUT2D eigenvalue weighted by atomic mass is 16.5. The second-order valence-electron chi connectivity index (χ2n) is 6.15. The van der Waals surface area contributed by atoms with Crippen LogP contribution >= 0.6 is 0 Å². The van der Waals surface area contributed by atoms with Gasteiger partial charge in [-0.3, -0.25) is 4.79 Å². The Morgan fingerprint density at radius 3 is 2.54 bits per heavy atom. The van der Waals surface area contributed by atoms with Crippen molar-refractivity contribution in [2.75, 3.05) is 13.2 Å². The average molecular weight is 349 g/mol. The van der Waals surface area contributed by atoms with Crippen molar-refractivity contribution in [3.63, 3.8) is 0 Å². The van der Waals surface area contributed by atoms with Crippen molar-refractivity contribution in [1.29, 1.82) is 0 Å². The van der Waals surface area contributed by atoms with Crippen molar-refractivity contribution >= 4 is 16.7 Å². The van der Waals surface area contributed by atoms with Crippen LogP contribution in [0, 0.1) is 0 Å². The summed E-state index contributed by atoms with van der Waals surface area (Å²) in [5.41, 5.74) is 1.55. The van der Waals surface area contributed by atoms with Crippen LogP contribution in [0.5, 0.6) is 5.75 Å². The second-order valence-corrected chi connectivity index (χ2v) is 6.15. The predicted molar refractivity (Wildman–Crippen MR) is 104 cm³/mol. The topological polar surface area (TPSA) is 58.6 Å². The molecule has 0 fully saturated rings.